The van der Waals surface area contributed by atoms with Gasteiger partial charge in [-0.15, -0.1) is 0 Å². The van der Waals surface area contributed by atoms with Crippen molar-refractivity contribution in [2.45, 2.75) is 44.2 Å². The second kappa shape index (κ2) is 12.6. The maximum Gasteiger partial charge on any atom is 0.290 e. The van der Waals surface area contributed by atoms with Gasteiger partial charge in [-0.2, -0.15) is 4.31 Å². The molecule has 0 saturated heterocycles. The van der Waals surface area contributed by atoms with Crippen LogP contribution in [0.1, 0.15) is 26.3 Å². The van der Waals surface area contributed by atoms with E-state index >= 15 is 0 Å². The largest absolute Gasteiger partial charge is 0.390 e. The summed E-state index contributed by atoms with van der Waals surface area (Å²) in [6.45, 7) is 5.23. The van der Waals surface area contributed by atoms with Crippen molar-refractivity contribution in [2.24, 2.45) is 5.92 Å². The van der Waals surface area contributed by atoms with Crippen molar-refractivity contribution < 1.29 is 23.1 Å². The third-order valence-corrected chi connectivity index (χ3v) is 6.76. The van der Waals surface area contributed by atoms with Gasteiger partial charge in [-0.1, -0.05) is 44.2 Å². The summed E-state index contributed by atoms with van der Waals surface area (Å²) in [5.74, 6) is -0.230. The molecule has 0 fully saturated rings. The van der Waals surface area contributed by atoms with E-state index < -0.39 is 22.2 Å². The maximum atomic E-state index is 13.4. The SMILES string of the molecule is CC(=O)Nc1ccc(S(=O)(=O)N(CC(C)C)C[C@@H](O)[C@H](Cc2ccccc2)N[B]C=O)cc1. The Bertz CT molecular complexity index is 1000. The van der Waals surface area contributed by atoms with E-state index in [9.17, 15) is 23.1 Å². The fourth-order valence-corrected chi connectivity index (χ4v) is 5.03. The molecule has 1 amide bonds. The quantitative estimate of drug-likeness (QED) is 0.302. The zero-order valence-electron chi connectivity index (χ0n) is 19.1. The van der Waals surface area contributed by atoms with Crippen molar-refractivity contribution in [3.63, 3.8) is 0 Å². The molecule has 0 aliphatic rings. The Morgan fingerprint density at radius 3 is 2.27 bits per heavy atom. The molecule has 0 aromatic heterocycles. The van der Waals surface area contributed by atoms with Crippen molar-refractivity contribution in [1.29, 1.82) is 0 Å². The highest BCUT2D eigenvalue weighted by molar-refractivity contribution is 7.89. The van der Waals surface area contributed by atoms with Crippen LogP contribution in [0.2, 0.25) is 0 Å². The molecule has 0 saturated carbocycles. The van der Waals surface area contributed by atoms with Crippen LogP contribution in [-0.2, 0) is 26.0 Å². The molecule has 0 aliphatic heterocycles. The predicted octanol–water partition coefficient (Wildman–Crippen LogP) is 1.66. The van der Waals surface area contributed by atoms with Crippen LogP contribution in [-0.4, -0.2) is 62.6 Å². The maximum absolute atomic E-state index is 13.4. The minimum Gasteiger partial charge on any atom is -0.390 e. The summed E-state index contributed by atoms with van der Waals surface area (Å²) >= 11 is 0. The molecule has 0 unspecified atom stereocenters. The third-order valence-electron chi connectivity index (χ3n) is 4.91. The second-order valence-corrected chi connectivity index (χ2v) is 10.2. The number of amides is 1. The highest BCUT2D eigenvalue weighted by atomic mass is 32.2. The molecule has 0 spiro atoms. The number of nitrogens with zero attached hydrogens (tertiary/aromatic N) is 1. The molecule has 1 radical (unpaired) electrons. The van der Waals surface area contributed by atoms with E-state index in [1.165, 1.54) is 42.9 Å². The van der Waals surface area contributed by atoms with Gasteiger partial charge < -0.3 is 20.4 Å². The lowest BCUT2D eigenvalue weighted by atomic mass is 9.91. The molecule has 8 nitrogen and oxygen atoms in total. The van der Waals surface area contributed by atoms with Crippen molar-refractivity contribution >= 4 is 35.2 Å². The highest BCUT2D eigenvalue weighted by Gasteiger charge is 2.30. The first kappa shape index (κ1) is 26.7. The molecule has 0 aliphatic carbocycles. The number of anilines is 1. The molecular weight excluding hydrogens is 441 g/mol. The van der Waals surface area contributed by atoms with Gasteiger partial charge in [0.2, 0.25) is 15.9 Å². The number of nitrogens with one attached hydrogen (secondary N) is 2. The summed E-state index contributed by atoms with van der Waals surface area (Å²) in [4.78, 5) is 22.1. The Labute approximate surface area is 196 Å². The van der Waals surface area contributed by atoms with Gasteiger partial charge in [-0.3, -0.25) is 4.79 Å². The number of carbonyl (C=O) groups excluding carboxylic acids is 2. The smallest absolute Gasteiger partial charge is 0.290 e. The Balaban J connectivity index is 2.25. The average Bonchev–Trinajstić information content (AvgIpc) is 2.76. The molecule has 0 heterocycles. The third kappa shape index (κ3) is 8.40. The first-order valence-corrected chi connectivity index (χ1v) is 12.2. The van der Waals surface area contributed by atoms with Crippen LogP contribution in [0.3, 0.4) is 0 Å². The van der Waals surface area contributed by atoms with Crippen LogP contribution >= 0.6 is 0 Å². The van der Waals surface area contributed by atoms with Gasteiger partial charge in [0.15, 0.2) is 0 Å². The standard InChI is InChI=1S/C23H31BN3O5S/c1-17(2)14-27(33(31,32)21-11-9-20(10-12-21)25-18(3)29)15-23(30)22(26-24-16-28)13-19-7-5-4-6-8-19/h4-12,16-17,22-23,26,30H,13-15H2,1-3H3,(H,25,29)/t22-,23+/m0/s1. The molecule has 2 aromatic rings. The van der Waals surface area contributed by atoms with Gasteiger partial charge in [0.25, 0.3) is 7.41 Å². The zero-order valence-corrected chi connectivity index (χ0v) is 20.0. The summed E-state index contributed by atoms with van der Waals surface area (Å²) < 4.78 is 28.0. The molecular formula is C23H31BN3O5S. The Hall–Kier alpha value is -2.53. The summed E-state index contributed by atoms with van der Waals surface area (Å²) in [5, 5.41) is 16.5. The number of benzene rings is 2. The summed E-state index contributed by atoms with van der Waals surface area (Å²) in [7, 11) is -2.70. The number of hydrogen-bond acceptors (Lipinski definition) is 6. The molecule has 0 bridgehead atoms. The fourth-order valence-electron chi connectivity index (χ4n) is 3.41. The van der Waals surface area contributed by atoms with E-state index in [0.29, 0.717) is 18.3 Å². The van der Waals surface area contributed by atoms with Gasteiger partial charge >= 0.3 is 0 Å². The number of aliphatic hydroxyl groups excluding tert-OH is 1. The minimum atomic E-state index is -3.91. The van der Waals surface area contributed by atoms with E-state index in [4.69, 9.17) is 0 Å². The van der Waals surface area contributed by atoms with Crippen LogP contribution in [0.5, 0.6) is 0 Å². The molecule has 10 heteroatoms. The Morgan fingerprint density at radius 2 is 1.73 bits per heavy atom. The average molecular weight is 472 g/mol. The van der Waals surface area contributed by atoms with Crippen LogP contribution in [0.4, 0.5) is 5.69 Å². The number of aliphatic hydroxyl groups is 1. The number of sulfonamides is 1. The summed E-state index contributed by atoms with van der Waals surface area (Å²) in [6.07, 6.45) is -0.0781. The van der Waals surface area contributed by atoms with Crippen LogP contribution in [0.15, 0.2) is 59.5 Å². The highest BCUT2D eigenvalue weighted by Crippen LogP contribution is 2.21. The number of hydrogen-bond donors (Lipinski definition) is 3. The minimum absolute atomic E-state index is 0.0210. The lowest BCUT2D eigenvalue weighted by molar-refractivity contribution is -0.114. The van der Waals surface area contributed by atoms with Gasteiger partial charge in [-0.25, -0.2) is 8.42 Å². The Morgan fingerprint density at radius 1 is 1.09 bits per heavy atom. The van der Waals surface area contributed by atoms with Gasteiger partial charge in [0.1, 0.15) is 0 Å². The summed E-state index contributed by atoms with van der Waals surface area (Å²) in [6, 6.07) is 14.8. The van der Waals surface area contributed by atoms with Crippen LogP contribution in [0.25, 0.3) is 0 Å². The molecule has 2 aromatic carbocycles. The molecule has 33 heavy (non-hydrogen) atoms. The van der Waals surface area contributed by atoms with E-state index in [2.05, 4.69) is 10.5 Å². The van der Waals surface area contributed by atoms with E-state index in [1.807, 2.05) is 44.2 Å². The van der Waals surface area contributed by atoms with E-state index in [0.717, 1.165) is 5.56 Å². The molecule has 2 rings (SSSR count). The van der Waals surface area contributed by atoms with E-state index in [-0.39, 0.29) is 29.8 Å². The monoisotopic (exact) mass is 472 g/mol. The lowest BCUT2D eigenvalue weighted by Crippen LogP contribution is -2.50. The van der Waals surface area contributed by atoms with Crippen molar-refractivity contribution in [2.75, 3.05) is 18.4 Å². The Kier molecular flexibility index (Phi) is 10.2. The molecule has 2 atom stereocenters. The van der Waals surface area contributed by atoms with Crippen molar-refractivity contribution in [3.05, 3.63) is 60.2 Å². The van der Waals surface area contributed by atoms with E-state index in [1.54, 1.807) is 0 Å². The fraction of sp³-hybridized carbons (Fsp3) is 0.391. The molecule has 3 N–H and O–H groups in total. The zero-order chi connectivity index (χ0) is 24.4. The van der Waals surface area contributed by atoms with Crippen molar-refractivity contribution in [3.8, 4) is 0 Å². The van der Waals surface area contributed by atoms with Crippen molar-refractivity contribution in [1.82, 2.24) is 9.53 Å². The molecule has 177 valence electrons. The predicted molar refractivity (Wildman–Crippen MR) is 130 cm³/mol. The lowest BCUT2D eigenvalue weighted by Gasteiger charge is -2.30. The normalized spacial score (nSPS) is 13.5. The van der Waals surface area contributed by atoms with Crippen LogP contribution in [0, 0.1) is 5.92 Å². The number of carbonyl (C=O) groups is 2. The van der Waals surface area contributed by atoms with Gasteiger partial charge in [0, 0.05) is 31.7 Å². The van der Waals surface area contributed by atoms with Gasteiger partial charge in [0.05, 0.1) is 17.2 Å². The van der Waals surface area contributed by atoms with Crippen LogP contribution < -0.4 is 10.5 Å². The second-order valence-electron chi connectivity index (χ2n) is 8.25. The first-order chi connectivity index (χ1) is 15.6. The number of rotatable bonds is 13. The topological polar surface area (TPSA) is 116 Å². The summed E-state index contributed by atoms with van der Waals surface area (Å²) in [5.41, 5.74) is 1.44. The van der Waals surface area contributed by atoms with Gasteiger partial charge in [-0.05, 0) is 42.2 Å². The first-order valence-electron chi connectivity index (χ1n) is 10.8.